The highest BCUT2D eigenvalue weighted by molar-refractivity contribution is 8.02. The van der Waals surface area contributed by atoms with Crippen molar-refractivity contribution < 1.29 is 9.53 Å². The monoisotopic (exact) mass is 287 g/mol. The van der Waals surface area contributed by atoms with E-state index in [2.05, 4.69) is 15.5 Å². The van der Waals surface area contributed by atoms with Gasteiger partial charge in [0.2, 0.25) is 5.91 Å². The first-order chi connectivity index (χ1) is 8.65. The van der Waals surface area contributed by atoms with Gasteiger partial charge < -0.3 is 10.1 Å². The molecule has 0 unspecified atom stereocenters. The van der Waals surface area contributed by atoms with Crippen molar-refractivity contribution >= 4 is 29.0 Å². The minimum Gasteiger partial charge on any atom is -0.466 e. The topological polar surface area (TPSA) is 64.1 Å². The number of nitrogens with zero attached hydrogens (tertiary/aromatic N) is 2. The second kappa shape index (κ2) is 6.38. The highest BCUT2D eigenvalue weighted by Crippen LogP contribution is 2.33. The van der Waals surface area contributed by atoms with Crippen LogP contribution in [0.15, 0.2) is 4.34 Å². The van der Waals surface area contributed by atoms with Gasteiger partial charge in [0.25, 0.3) is 5.19 Å². The summed E-state index contributed by atoms with van der Waals surface area (Å²) in [4.78, 5) is 11.8. The lowest BCUT2D eigenvalue weighted by atomic mass is 10.2. The Hall–Kier alpha value is -0.820. The molecule has 0 saturated carbocycles. The summed E-state index contributed by atoms with van der Waals surface area (Å²) in [6.45, 7) is 4.69. The van der Waals surface area contributed by atoms with Crippen molar-refractivity contribution in [2.75, 3.05) is 6.54 Å². The van der Waals surface area contributed by atoms with Crippen LogP contribution in [-0.2, 0) is 4.79 Å². The third-order valence-corrected chi connectivity index (χ3v) is 4.62. The zero-order valence-corrected chi connectivity index (χ0v) is 12.1. The minimum atomic E-state index is -0.0488. The molecule has 0 aromatic carbocycles. The molecule has 5 nitrogen and oxygen atoms in total. The van der Waals surface area contributed by atoms with E-state index in [9.17, 15) is 4.79 Å². The summed E-state index contributed by atoms with van der Waals surface area (Å²) in [6, 6.07) is 0. The minimum absolute atomic E-state index is 0.0488. The normalized spacial score (nSPS) is 20.6. The predicted octanol–water partition coefficient (Wildman–Crippen LogP) is 2.09. The summed E-state index contributed by atoms with van der Waals surface area (Å²) in [5.41, 5.74) is 0. The number of carbonyl (C=O) groups excluding carboxylic acids is 1. The first-order valence-electron chi connectivity index (χ1n) is 6.09. The maximum atomic E-state index is 11.8. The second-order valence-corrected chi connectivity index (χ2v) is 6.78. The van der Waals surface area contributed by atoms with Crippen LogP contribution in [0.1, 0.15) is 33.1 Å². The molecule has 1 aromatic heterocycles. The number of amides is 1. The van der Waals surface area contributed by atoms with E-state index in [0.717, 1.165) is 30.1 Å². The van der Waals surface area contributed by atoms with Gasteiger partial charge in [-0.25, -0.2) is 0 Å². The van der Waals surface area contributed by atoms with Crippen LogP contribution in [0.2, 0.25) is 0 Å². The lowest BCUT2D eigenvalue weighted by Crippen LogP contribution is -2.30. The van der Waals surface area contributed by atoms with Crippen LogP contribution in [-0.4, -0.2) is 34.0 Å². The molecule has 1 aliphatic heterocycles. The number of hydrogen-bond acceptors (Lipinski definition) is 6. The molecular formula is C11H17N3O2S2. The summed E-state index contributed by atoms with van der Waals surface area (Å²) in [7, 11) is 0. The van der Waals surface area contributed by atoms with E-state index < -0.39 is 0 Å². The van der Waals surface area contributed by atoms with E-state index in [4.69, 9.17) is 4.74 Å². The van der Waals surface area contributed by atoms with E-state index in [0.29, 0.717) is 5.19 Å². The lowest BCUT2D eigenvalue weighted by Gasteiger charge is -2.09. The Bertz CT molecular complexity index is 409. The first kappa shape index (κ1) is 13.6. The van der Waals surface area contributed by atoms with E-state index in [-0.39, 0.29) is 17.3 Å². The third kappa shape index (κ3) is 3.84. The average Bonchev–Trinajstić information content (AvgIpc) is 2.63. The van der Waals surface area contributed by atoms with Crippen molar-refractivity contribution in [3.63, 3.8) is 0 Å². The number of aromatic nitrogens is 2. The van der Waals surface area contributed by atoms with Crippen LogP contribution < -0.4 is 10.1 Å². The van der Waals surface area contributed by atoms with Crippen LogP contribution in [0, 0.1) is 0 Å². The summed E-state index contributed by atoms with van der Waals surface area (Å²) >= 11 is 2.89. The van der Waals surface area contributed by atoms with E-state index in [1.165, 1.54) is 23.1 Å². The van der Waals surface area contributed by atoms with E-state index in [1.54, 1.807) is 0 Å². The Morgan fingerprint density at radius 2 is 2.28 bits per heavy atom. The average molecular weight is 287 g/mol. The van der Waals surface area contributed by atoms with Crippen molar-refractivity contribution in [3.8, 4) is 5.19 Å². The van der Waals surface area contributed by atoms with Gasteiger partial charge in [0.1, 0.15) is 0 Å². The molecule has 0 bridgehead atoms. The summed E-state index contributed by atoms with van der Waals surface area (Å²) < 4.78 is 6.27. The van der Waals surface area contributed by atoms with Crippen molar-refractivity contribution in [1.29, 1.82) is 0 Å². The van der Waals surface area contributed by atoms with Gasteiger partial charge in [0.15, 0.2) is 4.34 Å². The van der Waals surface area contributed by atoms with Gasteiger partial charge >= 0.3 is 0 Å². The van der Waals surface area contributed by atoms with Crippen LogP contribution in [0.3, 0.4) is 0 Å². The fourth-order valence-corrected chi connectivity index (χ4v) is 3.75. The number of hydrogen-bond donors (Lipinski definition) is 1. The molecule has 0 spiro atoms. The van der Waals surface area contributed by atoms with E-state index >= 15 is 0 Å². The summed E-state index contributed by atoms with van der Waals surface area (Å²) in [5, 5.41) is 11.5. The Morgan fingerprint density at radius 3 is 3.06 bits per heavy atom. The third-order valence-electron chi connectivity index (χ3n) is 2.45. The van der Waals surface area contributed by atoms with Crippen LogP contribution in [0.25, 0.3) is 0 Å². The smallest absolute Gasteiger partial charge is 0.295 e. The van der Waals surface area contributed by atoms with Crippen LogP contribution in [0.4, 0.5) is 0 Å². The van der Waals surface area contributed by atoms with Crippen molar-refractivity contribution in [1.82, 2.24) is 15.5 Å². The lowest BCUT2D eigenvalue weighted by molar-refractivity contribution is -0.120. The SMILES string of the molecule is CC(C)Oc1nnc(S[C@H]2CCCCNC2=O)s1. The Morgan fingerprint density at radius 1 is 1.44 bits per heavy atom. The molecule has 0 aliphatic carbocycles. The fraction of sp³-hybridized carbons (Fsp3) is 0.727. The summed E-state index contributed by atoms with van der Waals surface area (Å²) in [5.74, 6) is 0.110. The van der Waals surface area contributed by atoms with Crippen molar-refractivity contribution in [3.05, 3.63) is 0 Å². The van der Waals surface area contributed by atoms with Gasteiger partial charge in [0, 0.05) is 6.54 Å². The van der Waals surface area contributed by atoms with Gasteiger partial charge in [-0.15, -0.1) is 5.10 Å². The molecule has 1 amide bonds. The molecule has 100 valence electrons. The second-order valence-electron chi connectivity index (χ2n) is 4.39. The predicted molar refractivity (Wildman–Crippen MR) is 72.2 cm³/mol. The number of carbonyl (C=O) groups is 1. The molecule has 2 heterocycles. The molecule has 1 aromatic rings. The molecule has 0 radical (unpaired) electrons. The molecule has 2 rings (SSSR count). The zero-order valence-electron chi connectivity index (χ0n) is 10.5. The fourth-order valence-electron chi connectivity index (χ4n) is 1.64. The molecule has 1 saturated heterocycles. The maximum absolute atomic E-state index is 11.8. The quantitative estimate of drug-likeness (QED) is 0.918. The molecule has 1 fully saturated rings. The molecule has 7 heteroatoms. The molecule has 1 N–H and O–H groups in total. The summed E-state index contributed by atoms with van der Waals surface area (Å²) in [6.07, 6.45) is 3.12. The van der Waals surface area contributed by atoms with Crippen LogP contribution >= 0.6 is 23.1 Å². The van der Waals surface area contributed by atoms with Crippen molar-refractivity contribution in [2.45, 2.75) is 48.8 Å². The number of rotatable bonds is 4. The van der Waals surface area contributed by atoms with Gasteiger partial charge in [-0.05, 0) is 38.0 Å². The zero-order chi connectivity index (χ0) is 13.0. The first-order valence-corrected chi connectivity index (χ1v) is 7.79. The Kier molecular flexibility index (Phi) is 4.82. The number of ether oxygens (including phenoxy) is 1. The number of nitrogens with one attached hydrogen (secondary N) is 1. The van der Waals surface area contributed by atoms with Gasteiger partial charge in [0.05, 0.1) is 11.4 Å². The highest BCUT2D eigenvalue weighted by Gasteiger charge is 2.23. The largest absolute Gasteiger partial charge is 0.466 e. The van der Waals surface area contributed by atoms with Crippen LogP contribution in [0.5, 0.6) is 5.19 Å². The van der Waals surface area contributed by atoms with Gasteiger partial charge in [-0.2, -0.15) is 0 Å². The molecule has 1 atom stereocenters. The standard InChI is InChI=1S/C11H17N3O2S2/c1-7(2)16-10-13-14-11(18-10)17-8-5-3-4-6-12-9(8)15/h7-8H,3-6H2,1-2H3,(H,12,15)/t8-/m0/s1. The van der Waals surface area contributed by atoms with Crippen molar-refractivity contribution in [2.24, 2.45) is 0 Å². The molecule has 18 heavy (non-hydrogen) atoms. The van der Waals surface area contributed by atoms with Gasteiger partial charge in [-0.1, -0.05) is 23.3 Å². The van der Waals surface area contributed by atoms with Gasteiger partial charge in [-0.3, -0.25) is 4.79 Å². The Labute approximate surface area is 115 Å². The Balaban J connectivity index is 1.95. The van der Waals surface area contributed by atoms with E-state index in [1.807, 2.05) is 13.8 Å². The molecule has 1 aliphatic rings. The maximum Gasteiger partial charge on any atom is 0.295 e. The number of thioether (sulfide) groups is 1. The highest BCUT2D eigenvalue weighted by atomic mass is 32.2. The molecular weight excluding hydrogens is 270 g/mol.